The van der Waals surface area contributed by atoms with Gasteiger partial charge in [0.25, 0.3) is 0 Å². The molecule has 0 radical (unpaired) electrons. The highest BCUT2D eigenvalue weighted by Gasteiger charge is 2.49. The standard InChI is InChI=1S/C26H32O11/c1-32-17-6-4-13(8-19(17)36-26-23(31)22(30)21(29)20(9-27)37-26)25-15-11-34-24(14(15)10-35-25)12-3-5-16(28)18(7-12)33-2/h3-8,14-15,20-31H,9-11H2,1-2H3/t14-,15-,20-,21-,22+,23-,24+,25+,26-/m1/s1. The number of phenolic OH excluding ortho intramolecular Hbond substituents is 1. The van der Waals surface area contributed by atoms with Crippen LogP contribution < -0.4 is 14.2 Å². The quantitative estimate of drug-likeness (QED) is 0.349. The minimum Gasteiger partial charge on any atom is -0.504 e. The molecule has 3 aliphatic rings. The van der Waals surface area contributed by atoms with E-state index in [2.05, 4.69) is 0 Å². The summed E-state index contributed by atoms with van der Waals surface area (Å²) in [7, 11) is 2.97. The number of hydrogen-bond acceptors (Lipinski definition) is 11. The molecule has 0 amide bonds. The van der Waals surface area contributed by atoms with E-state index in [0.717, 1.165) is 11.1 Å². The third-order valence-electron chi connectivity index (χ3n) is 7.40. The van der Waals surface area contributed by atoms with Crippen molar-refractivity contribution in [2.24, 2.45) is 11.8 Å². The van der Waals surface area contributed by atoms with Gasteiger partial charge in [-0.15, -0.1) is 0 Å². The highest BCUT2D eigenvalue weighted by Crippen LogP contribution is 2.51. The van der Waals surface area contributed by atoms with Crippen LogP contribution in [-0.2, 0) is 14.2 Å². The van der Waals surface area contributed by atoms with Crippen LogP contribution in [0.5, 0.6) is 23.0 Å². The second-order valence-corrected chi connectivity index (χ2v) is 9.49. The first-order chi connectivity index (χ1) is 17.9. The lowest BCUT2D eigenvalue weighted by Gasteiger charge is -2.39. The predicted octanol–water partition coefficient (Wildman–Crippen LogP) is 0.663. The van der Waals surface area contributed by atoms with Crippen LogP contribution in [0.4, 0.5) is 0 Å². The molecule has 11 nitrogen and oxygen atoms in total. The van der Waals surface area contributed by atoms with Gasteiger partial charge in [-0.05, 0) is 35.4 Å². The van der Waals surface area contributed by atoms with Crippen molar-refractivity contribution in [1.82, 2.24) is 0 Å². The summed E-state index contributed by atoms with van der Waals surface area (Å²) in [5, 5.41) is 50.0. The fraction of sp³-hybridized carbons (Fsp3) is 0.538. The fourth-order valence-electron chi connectivity index (χ4n) is 5.36. The lowest BCUT2D eigenvalue weighted by molar-refractivity contribution is -0.277. The van der Waals surface area contributed by atoms with Gasteiger partial charge in [-0.1, -0.05) is 12.1 Å². The van der Waals surface area contributed by atoms with E-state index in [4.69, 9.17) is 28.4 Å². The van der Waals surface area contributed by atoms with Crippen molar-refractivity contribution in [3.8, 4) is 23.0 Å². The second-order valence-electron chi connectivity index (χ2n) is 9.49. The van der Waals surface area contributed by atoms with E-state index in [0.29, 0.717) is 24.7 Å². The molecule has 0 bridgehead atoms. The number of methoxy groups -OCH3 is 2. The van der Waals surface area contributed by atoms with Crippen molar-refractivity contribution >= 4 is 0 Å². The van der Waals surface area contributed by atoms with Crippen molar-refractivity contribution in [1.29, 1.82) is 0 Å². The molecule has 0 spiro atoms. The van der Waals surface area contributed by atoms with Crippen LogP contribution in [0.3, 0.4) is 0 Å². The van der Waals surface area contributed by atoms with E-state index in [1.807, 2.05) is 12.1 Å². The number of phenols is 1. The lowest BCUT2D eigenvalue weighted by atomic mass is 9.85. The van der Waals surface area contributed by atoms with Gasteiger partial charge < -0.3 is 54.0 Å². The number of rotatable bonds is 7. The van der Waals surface area contributed by atoms with Gasteiger partial charge in [0.2, 0.25) is 6.29 Å². The summed E-state index contributed by atoms with van der Waals surface area (Å²) in [6.45, 7) is 0.380. The van der Waals surface area contributed by atoms with Crippen LogP contribution >= 0.6 is 0 Å². The zero-order valence-corrected chi connectivity index (χ0v) is 20.5. The summed E-state index contributed by atoms with van der Waals surface area (Å²) in [4.78, 5) is 0. The summed E-state index contributed by atoms with van der Waals surface area (Å²) in [5.74, 6) is 1.19. The highest BCUT2D eigenvalue weighted by molar-refractivity contribution is 5.45. The molecule has 0 aliphatic carbocycles. The van der Waals surface area contributed by atoms with E-state index in [1.165, 1.54) is 14.2 Å². The molecule has 3 saturated heterocycles. The number of aliphatic hydroxyl groups is 4. The summed E-state index contributed by atoms with van der Waals surface area (Å²) in [6.07, 6.45) is -7.55. The Hall–Kier alpha value is -2.64. The Balaban J connectivity index is 1.35. The van der Waals surface area contributed by atoms with Gasteiger partial charge in [-0.3, -0.25) is 0 Å². The first-order valence-corrected chi connectivity index (χ1v) is 12.1. The normalized spacial score (nSPS) is 35.2. The monoisotopic (exact) mass is 520 g/mol. The van der Waals surface area contributed by atoms with Gasteiger partial charge in [-0.25, -0.2) is 0 Å². The number of ether oxygens (including phenoxy) is 6. The smallest absolute Gasteiger partial charge is 0.229 e. The van der Waals surface area contributed by atoms with Crippen molar-refractivity contribution < 1.29 is 54.0 Å². The van der Waals surface area contributed by atoms with E-state index in [-0.39, 0.29) is 35.5 Å². The third-order valence-corrected chi connectivity index (χ3v) is 7.40. The molecular weight excluding hydrogens is 488 g/mol. The highest BCUT2D eigenvalue weighted by atomic mass is 16.7. The molecule has 5 rings (SSSR count). The molecule has 37 heavy (non-hydrogen) atoms. The first kappa shape index (κ1) is 26.0. The van der Waals surface area contributed by atoms with Gasteiger partial charge in [0.1, 0.15) is 24.4 Å². The molecule has 0 unspecified atom stereocenters. The number of hydrogen-bond donors (Lipinski definition) is 5. The topological polar surface area (TPSA) is 157 Å². The van der Waals surface area contributed by atoms with Crippen LogP contribution in [0.1, 0.15) is 23.3 Å². The Morgan fingerprint density at radius 2 is 1.38 bits per heavy atom. The Labute approximate surface area is 213 Å². The van der Waals surface area contributed by atoms with E-state index in [1.54, 1.807) is 24.3 Å². The fourth-order valence-corrected chi connectivity index (χ4v) is 5.36. The molecule has 9 atom stereocenters. The maximum absolute atomic E-state index is 10.4. The molecule has 3 aliphatic heterocycles. The van der Waals surface area contributed by atoms with E-state index >= 15 is 0 Å². The van der Waals surface area contributed by atoms with Crippen molar-refractivity contribution in [3.05, 3.63) is 47.5 Å². The molecule has 2 aromatic carbocycles. The van der Waals surface area contributed by atoms with Crippen LogP contribution in [0.25, 0.3) is 0 Å². The molecule has 2 aromatic rings. The molecule has 5 N–H and O–H groups in total. The Morgan fingerprint density at radius 3 is 1.97 bits per heavy atom. The third kappa shape index (κ3) is 4.72. The molecule has 0 saturated carbocycles. The summed E-state index contributed by atoms with van der Waals surface area (Å²) >= 11 is 0. The van der Waals surface area contributed by atoms with Gasteiger partial charge in [0, 0.05) is 11.8 Å². The minimum atomic E-state index is -1.56. The molecule has 0 aromatic heterocycles. The maximum Gasteiger partial charge on any atom is 0.229 e. The summed E-state index contributed by atoms with van der Waals surface area (Å²) in [6, 6.07) is 10.5. The van der Waals surface area contributed by atoms with E-state index in [9.17, 15) is 25.5 Å². The summed E-state index contributed by atoms with van der Waals surface area (Å²) in [5.41, 5.74) is 1.70. The second kappa shape index (κ2) is 10.6. The van der Waals surface area contributed by atoms with Crippen molar-refractivity contribution in [2.75, 3.05) is 34.0 Å². The van der Waals surface area contributed by atoms with Gasteiger partial charge in [0.05, 0.1) is 46.2 Å². The van der Waals surface area contributed by atoms with Crippen molar-refractivity contribution in [2.45, 2.75) is 42.9 Å². The number of aliphatic hydroxyl groups excluding tert-OH is 4. The average molecular weight is 521 g/mol. The molecule has 3 fully saturated rings. The molecule has 11 heteroatoms. The first-order valence-electron chi connectivity index (χ1n) is 12.1. The zero-order valence-electron chi connectivity index (χ0n) is 20.5. The lowest BCUT2D eigenvalue weighted by Crippen LogP contribution is -2.60. The maximum atomic E-state index is 10.4. The zero-order chi connectivity index (χ0) is 26.3. The number of benzene rings is 2. The van der Waals surface area contributed by atoms with Crippen LogP contribution in [0.2, 0.25) is 0 Å². The minimum absolute atomic E-state index is 0.0540. The van der Waals surface area contributed by atoms with Crippen LogP contribution in [0, 0.1) is 11.8 Å². The van der Waals surface area contributed by atoms with Gasteiger partial charge in [-0.2, -0.15) is 0 Å². The number of aromatic hydroxyl groups is 1. The Kier molecular flexibility index (Phi) is 7.46. The summed E-state index contributed by atoms with van der Waals surface area (Å²) < 4.78 is 34.4. The van der Waals surface area contributed by atoms with Gasteiger partial charge in [0.15, 0.2) is 23.0 Å². The SMILES string of the molecule is COc1cc([C@@H]2OC[C@@H]3[C@H]2CO[C@H]3c2ccc(OC)c(O[C@@H]3O[C@H](CO)[C@@H](O)[C@H](O)[C@H]3O)c2)ccc1O. The average Bonchev–Trinajstić information content (AvgIpc) is 3.52. The largest absolute Gasteiger partial charge is 0.504 e. The Bertz CT molecular complexity index is 1090. The molecular formula is C26H32O11. The van der Waals surface area contributed by atoms with Crippen LogP contribution in [-0.4, -0.2) is 90.3 Å². The molecule has 202 valence electrons. The van der Waals surface area contributed by atoms with E-state index < -0.39 is 37.3 Å². The van der Waals surface area contributed by atoms with Gasteiger partial charge >= 0.3 is 0 Å². The number of fused-ring (bicyclic) bond motifs is 1. The predicted molar refractivity (Wildman–Crippen MR) is 126 cm³/mol. The Morgan fingerprint density at radius 1 is 0.784 bits per heavy atom. The molecule has 3 heterocycles. The van der Waals surface area contributed by atoms with Crippen LogP contribution in [0.15, 0.2) is 36.4 Å². The van der Waals surface area contributed by atoms with Crippen molar-refractivity contribution in [3.63, 3.8) is 0 Å².